The van der Waals surface area contributed by atoms with Crippen LogP contribution in [0.2, 0.25) is 0 Å². The second-order valence-electron chi connectivity index (χ2n) is 4.48. The van der Waals surface area contributed by atoms with Crippen molar-refractivity contribution in [1.29, 1.82) is 0 Å². The lowest BCUT2D eigenvalue weighted by Gasteiger charge is -2.37. The molecule has 1 aliphatic heterocycles. The maximum atomic E-state index is 11.9. The fourth-order valence-corrected chi connectivity index (χ4v) is 2.65. The highest BCUT2D eigenvalue weighted by Crippen LogP contribution is 2.26. The van der Waals surface area contributed by atoms with Gasteiger partial charge in [-0.05, 0) is 25.0 Å². The zero-order valence-electron chi connectivity index (χ0n) is 10.5. The molecule has 2 atom stereocenters. The molecule has 5 heteroatoms. The first kappa shape index (κ1) is 14.4. The Bertz CT molecular complexity index is 283. The number of likely N-dealkylation sites (tertiary alicyclic amines) is 1. The first-order chi connectivity index (χ1) is 8.10. The van der Waals surface area contributed by atoms with Gasteiger partial charge < -0.3 is 10.0 Å². The van der Waals surface area contributed by atoms with Crippen LogP contribution in [-0.2, 0) is 9.59 Å². The number of amides is 1. The van der Waals surface area contributed by atoms with E-state index in [1.54, 1.807) is 16.7 Å². The maximum absolute atomic E-state index is 11.9. The summed E-state index contributed by atoms with van der Waals surface area (Å²) in [6.07, 6.45) is 4.94. The first-order valence-corrected chi connectivity index (χ1v) is 7.50. The molecule has 0 bridgehead atoms. The molecule has 98 valence electrons. The molecule has 1 aliphatic rings. The highest BCUT2D eigenvalue weighted by atomic mass is 32.2. The van der Waals surface area contributed by atoms with E-state index in [2.05, 4.69) is 6.92 Å². The van der Waals surface area contributed by atoms with Crippen molar-refractivity contribution in [2.45, 2.75) is 38.6 Å². The normalized spacial score (nSPS) is 24.7. The fourth-order valence-electron chi connectivity index (χ4n) is 2.27. The Morgan fingerprint density at radius 3 is 2.71 bits per heavy atom. The van der Waals surface area contributed by atoms with Crippen LogP contribution in [0.5, 0.6) is 0 Å². The number of aliphatic carboxylic acids is 1. The van der Waals surface area contributed by atoms with Gasteiger partial charge in [0.05, 0.1) is 0 Å². The zero-order valence-corrected chi connectivity index (χ0v) is 11.3. The standard InChI is InChI=1S/C12H21NO3S/c1-3-9-4-6-13(10(8-9)12(15)16)11(14)5-7-17-2/h9-10H,3-8H2,1-2H3,(H,15,16). The molecule has 17 heavy (non-hydrogen) atoms. The van der Waals surface area contributed by atoms with Gasteiger partial charge in [0.15, 0.2) is 0 Å². The Morgan fingerprint density at radius 1 is 1.47 bits per heavy atom. The number of hydrogen-bond donors (Lipinski definition) is 1. The number of carbonyl (C=O) groups is 2. The molecule has 4 nitrogen and oxygen atoms in total. The Morgan fingerprint density at radius 2 is 2.18 bits per heavy atom. The average Bonchev–Trinajstić information content (AvgIpc) is 2.35. The van der Waals surface area contributed by atoms with Crippen LogP contribution in [0.4, 0.5) is 0 Å². The molecule has 1 N–H and O–H groups in total. The molecule has 0 aromatic carbocycles. The van der Waals surface area contributed by atoms with Crippen molar-refractivity contribution < 1.29 is 14.7 Å². The van der Waals surface area contributed by atoms with Crippen molar-refractivity contribution in [3.05, 3.63) is 0 Å². The molecule has 0 aromatic rings. The van der Waals surface area contributed by atoms with Crippen LogP contribution in [0, 0.1) is 5.92 Å². The van der Waals surface area contributed by atoms with E-state index in [0.29, 0.717) is 25.3 Å². The highest BCUT2D eigenvalue weighted by Gasteiger charge is 2.35. The second kappa shape index (κ2) is 6.89. The number of rotatable bonds is 5. The smallest absolute Gasteiger partial charge is 0.326 e. The van der Waals surface area contributed by atoms with Gasteiger partial charge in [0.1, 0.15) is 6.04 Å². The molecule has 1 rings (SSSR count). The van der Waals surface area contributed by atoms with Crippen molar-refractivity contribution in [2.24, 2.45) is 5.92 Å². The van der Waals surface area contributed by atoms with Gasteiger partial charge in [-0.1, -0.05) is 13.3 Å². The van der Waals surface area contributed by atoms with Gasteiger partial charge in [-0.15, -0.1) is 0 Å². The van der Waals surface area contributed by atoms with E-state index >= 15 is 0 Å². The van der Waals surface area contributed by atoms with E-state index in [0.717, 1.165) is 18.6 Å². The molecule has 0 aliphatic carbocycles. The highest BCUT2D eigenvalue weighted by molar-refractivity contribution is 7.98. The van der Waals surface area contributed by atoms with E-state index in [-0.39, 0.29) is 5.91 Å². The van der Waals surface area contributed by atoms with Gasteiger partial charge in [-0.25, -0.2) is 4.79 Å². The van der Waals surface area contributed by atoms with Crippen LogP contribution in [0.15, 0.2) is 0 Å². The first-order valence-electron chi connectivity index (χ1n) is 6.11. The Kier molecular flexibility index (Phi) is 5.82. The van der Waals surface area contributed by atoms with Crippen LogP contribution >= 0.6 is 11.8 Å². The number of carbonyl (C=O) groups excluding carboxylic acids is 1. The van der Waals surface area contributed by atoms with E-state index in [1.807, 2.05) is 6.26 Å². The van der Waals surface area contributed by atoms with E-state index < -0.39 is 12.0 Å². The molecule has 0 saturated carbocycles. The van der Waals surface area contributed by atoms with Crippen LogP contribution < -0.4 is 0 Å². The Labute approximate surface area is 107 Å². The van der Waals surface area contributed by atoms with Crippen molar-refractivity contribution >= 4 is 23.6 Å². The summed E-state index contributed by atoms with van der Waals surface area (Å²) >= 11 is 1.61. The summed E-state index contributed by atoms with van der Waals surface area (Å²) in [6, 6.07) is -0.608. The number of thioether (sulfide) groups is 1. The van der Waals surface area contributed by atoms with E-state index in [1.165, 1.54) is 0 Å². The lowest BCUT2D eigenvalue weighted by Crippen LogP contribution is -2.50. The van der Waals surface area contributed by atoms with Gasteiger partial charge in [0.2, 0.25) is 5.91 Å². The lowest BCUT2D eigenvalue weighted by atomic mass is 9.88. The molecule has 0 radical (unpaired) electrons. The largest absolute Gasteiger partial charge is 0.480 e. The maximum Gasteiger partial charge on any atom is 0.326 e. The Hall–Kier alpha value is -0.710. The molecule has 1 amide bonds. The van der Waals surface area contributed by atoms with Gasteiger partial charge >= 0.3 is 5.97 Å². The molecule has 1 fully saturated rings. The van der Waals surface area contributed by atoms with Crippen molar-refractivity contribution in [3.63, 3.8) is 0 Å². The number of piperidine rings is 1. The molecular weight excluding hydrogens is 238 g/mol. The third-order valence-corrected chi connectivity index (χ3v) is 4.03. The van der Waals surface area contributed by atoms with Crippen LogP contribution in [-0.4, -0.2) is 46.5 Å². The monoisotopic (exact) mass is 259 g/mol. The van der Waals surface area contributed by atoms with Gasteiger partial charge in [-0.2, -0.15) is 11.8 Å². The fraction of sp³-hybridized carbons (Fsp3) is 0.833. The summed E-state index contributed by atoms with van der Waals surface area (Å²) in [6.45, 7) is 2.68. The minimum absolute atomic E-state index is 0.0127. The van der Waals surface area contributed by atoms with Crippen LogP contribution in [0.3, 0.4) is 0 Å². The topological polar surface area (TPSA) is 57.6 Å². The van der Waals surface area contributed by atoms with Crippen LogP contribution in [0.25, 0.3) is 0 Å². The quantitative estimate of drug-likeness (QED) is 0.818. The molecule has 0 spiro atoms. The summed E-state index contributed by atoms with van der Waals surface area (Å²) in [5, 5.41) is 9.20. The summed E-state index contributed by atoms with van der Waals surface area (Å²) in [7, 11) is 0. The van der Waals surface area contributed by atoms with Crippen molar-refractivity contribution in [2.75, 3.05) is 18.6 Å². The summed E-state index contributed by atoms with van der Waals surface area (Å²) in [5.41, 5.74) is 0. The number of nitrogens with zero attached hydrogens (tertiary/aromatic N) is 1. The predicted octanol–water partition coefficient (Wildman–Crippen LogP) is 1.84. The minimum atomic E-state index is -0.861. The summed E-state index contributed by atoms with van der Waals surface area (Å²) in [4.78, 5) is 24.7. The molecule has 2 unspecified atom stereocenters. The third-order valence-electron chi connectivity index (χ3n) is 3.41. The van der Waals surface area contributed by atoms with E-state index in [9.17, 15) is 14.7 Å². The van der Waals surface area contributed by atoms with Crippen LogP contribution in [0.1, 0.15) is 32.6 Å². The number of hydrogen-bond acceptors (Lipinski definition) is 3. The third kappa shape index (κ3) is 3.91. The van der Waals surface area contributed by atoms with Gasteiger partial charge in [-0.3, -0.25) is 4.79 Å². The summed E-state index contributed by atoms with van der Waals surface area (Å²) < 4.78 is 0. The molecule has 1 heterocycles. The van der Waals surface area contributed by atoms with Crippen molar-refractivity contribution in [3.8, 4) is 0 Å². The predicted molar refractivity (Wildman–Crippen MR) is 69.2 cm³/mol. The molecule has 0 aromatic heterocycles. The zero-order chi connectivity index (χ0) is 12.8. The second-order valence-corrected chi connectivity index (χ2v) is 5.47. The SMILES string of the molecule is CCC1CCN(C(=O)CCSC)C(C(=O)O)C1. The summed E-state index contributed by atoms with van der Waals surface area (Å²) in [5.74, 6) is 0.335. The minimum Gasteiger partial charge on any atom is -0.480 e. The van der Waals surface area contributed by atoms with E-state index in [4.69, 9.17) is 0 Å². The van der Waals surface area contributed by atoms with Gasteiger partial charge in [0.25, 0.3) is 0 Å². The molecular formula is C12H21NO3S. The van der Waals surface area contributed by atoms with Crippen molar-refractivity contribution in [1.82, 2.24) is 4.90 Å². The number of carboxylic acids is 1. The molecule has 1 saturated heterocycles. The Balaban J connectivity index is 2.63. The van der Waals surface area contributed by atoms with Gasteiger partial charge in [0, 0.05) is 18.7 Å². The number of carboxylic acid groups (broad SMARTS) is 1. The lowest BCUT2D eigenvalue weighted by molar-refractivity contribution is -0.153. The average molecular weight is 259 g/mol.